The Labute approximate surface area is 161 Å². The van der Waals surface area contributed by atoms with Crippen LogP contribution in [0.1, 0.15) is 45.6 Å². The predicted octanol–water partition coefficient (Wildman–Crippen LogP) is 4.47. The quantitative estimate of drug-likeness (QED) is 0.551. The van der Waals surface area contributed by atoms with E-state index in [9.17, 15) is 0 Å². The molecule has 25 heavy (non-hydrogen) atoms. The van der Waals surface area contributed by atoms with Crippen LogP contribution < -0.4 is 4.74 Å². The van der Waals surface area contributed by atoms with Gasteiger partial charge in [-0.25, -0.2) is 0 Å². The minimum absolute atomic E-state index is 0. The van der Waals surface area contributed by atoms with Crippen molar-refractivity contribution in [2.45, 2.75) is 53.1 Å². The Morgan fingerprint density at radius 3 is 1.84 bits per heavy atom. The van der Waals surface area contributed by atoms with Crippen molar-refractivity contribution < 1.29 is 36.1 Å². The number of fused-ring (bicyclic) bond motifs is 2. The Morgan fingerprint density at radius 1 is 0.960 bits per heavy atom. The molecule has 5 heteroatoms. The SMILES string of the molecule is Cc1ccc(O[C@H]2C(C)(C)[C@H]3CC[C@]2(C)C3)cc1.[C-]#[O+].[C-]#[O+].[C-]#[O+].[Cr]. The Bertz CT molecular complexity index is 555. The molecule has 2 aliphatic rings. The van der Waals surface area contributed by atoms with Gasteiger partial charge >= 0.3 is 33.9 Å². The number of benzene rings is 1. The van der Waals surface area contributed by atoms with Crippen LogP contribution in [0.2, 0.25) is 0 Å². The molecule has 3 rings (SSSR count). The van der Waals surface area contributed by atoms with Gasteiger partial charge in [-0.2, -0.15) is 0 Å². The van der Waals surface area contributed by atoms with Gasteiger partial charge in [0.1, 0.15) is 11.9 Å². The van der Waals surface area contributed by atoms with Crippen LogP contribution in [0.5, 0.6) is 5.75 Å². The molecule has 2 fully saturated rings. The third kappa shape index (κ3) is 5.63. The summed E-state index contributed by atoms with van der Waals surface area (Å²) in [5.74, 6) is 1.88. The van der Waals surface area contributed by atoms with Gasteiger partial charge < -0.3 is 4.74 Å². The second-order valence-electron chi connectivity index (χ2n) is 7.23. The van der Waals surface area contributed by atoms with Crippen molar-refractivity contribution in [1.82, 2.24) is 0 Å². The average molecular weight is 380 g/mol. The second-order valence-corrected chi connectivity index (χ2v) is 7.23. The number of ether oxygens (including phenoxy) is 1. The molecule has 0 saturated heterocycles. The average Bonchev–Trinajstić information content (AvgIpc) is 3.10. The first-order valence-corrected chi connectivity index (χ1v) is 7.76. The van der Waals surface area contributed by atoms with Gasteiger partial charge in [0.25, 0.3) is 0 Å². The molecule has 1 aromatic rings. The van der Waals surface area contributed by atoms with Gasteiger partial charge in [0.15, 0.2) is 0 Å². The van der Waals surface area contributed by atoms with E-state index in [-0.39, 0.29) is 17.4 Å². The summed E-state index contributed by atoms with van der Waals surface area (Å²) in [5.41, 5.74) is 2.00. The molecule has 1 aromatic carbocycles. The van der Waals surface area contributed by atoms with E-state index in [1.807, 2.05) is 0 Å². The van der Waals surface area contributed by atoms with Gasteiger partial charge in [0.05, 0.1) is 0 Å². The summed E-state index contributed by atoms with van der Waals surface area (Å²) in [6.45, 7) is 22.8. The normalized spacial score (nSPS) is 26.8. The van der Waals surface area contributed by atoms with Crippen LogP contribution in [-0.2, 0) is 31.3 Å². The van der Waals surface area contributed by atoms with Gasteiger partial charge in [0.2, 0.25) is 0 Å². The summed E-state index contributed by atoms with van der Waals surface area (Å²) < 4.78 is 28.9. The number of aryl methyl sites for hydroxylation is 1. The van der Waals surface area contributed by atoms with Crippen molar-refractivity contribution in [3.63, 3.8) is 0 Å². The fourth-order valence-electron chi connectivity index (χ4n) is 4.30. The summed E-state index contributed by atoms with van der Waals surface area (Å²) in [7, 11) is 0. The fourth-order valence-corrected chi connectivity index (χ4v) is 4.30. The number of rotatable bonds is 2. The van der Waals surface area contributed by atoms with E-state index in [0.29, 0.717) is 16.9 Å². The van der Waals surface area contributed by atoms with E-state index >= 15 is 0 Å². The van der Waals surface area contributed by atoms with E-state index in [4.69, 9.17) is 18.7 Å². The van der Waals surface area contributed by atoms with E-state index in [1.165, 1.54) is 24.8 Å². The van der Waals surface area contributed by atoms with Gasteiger partial charge in [-0.3, -0.25) is 0 Å². The predicted molar refractivity (Wildman–Crippen MR) is 86.6 cm³/mol. The van der Waals surface area contributed by atoms with Gasteiger partial charge in [-0.05, 0) is 44.2 Å². The van der Waals surface area contributed by atoms with E-state index in [1.54, 1.807) is 0 Å². The molecule has 134 valence electrons. The number of hydrogen-bond acceptors (Lipinski definition) is 1. The fraction of sp³-hybridized carbons (Fsp3) is 0.550. The largest absolute Gasteiger partial charge is 0 e. The van der Waals surface area contributed by atoms with Crippen LogP contribution in [-0.4, -0.2) is 6.10 Å². The maximum absolute atomic E-state index is 7.50. The first-order chi connectivity index (χ1) is 11.4. The summed E-state index contributed by atoms with van der Waals surface area (Å²) in [6, 6.07) is 8.50. The summed E-state index contributed by atoms with van der Waals surface area (Å²) in [5, 5.41) is 0. The smallest absolute Gasteiger partial charge is 0 e. The molecular weight excluding hydrogens is 356 g/mol. The third-order valence-electron chi connectivity index (χ3n) is 5.41. The van der Waals surface area contributed by atoms with Crippen molar-refractivity contribution in [3.05, 3.63) is 49.8 Å². The minimum Gasteiger partial charge on any atom is 0 e. The van der Waals surface area contributed by atoms with E-state index < -0.39 is 0 Å². The summed E-state index contributed by atoms with van der Waals surface area (Å²) >= 11 is 0. The van der Waals surface area contributed by atoms with E-state index in [2.05, 4.69) is 71.9 Å². The van der Waals surface area contributed by atoms with Crippen LogP contribution >= 0.6 is 0 Å². The Kier molecular flexibility index (Phi) is 11.9. The molecule has 0 spiro atoms. The minimum atomic E-state index is 0. The Hall–Kier alpha value is -1.23. The summed E-state index contributed by atoms with van der Waals surface area (Å²) in [6.07, 6.45) is 4.43. The molecule has 2 aliphatic carbocycles. The maximum atomic E-state index is 7.50. The molecule has 2 bridgehead atoms. The van der Waals surface area contributed by atoms with Crippen LogP contribution in [0.25, 0.3) is 0 Å². The summed E-state index contributed by atoms with van der Waals surface area (Å²) in [4.78, 5) is 0. The Morgan fingerprint density at radius 2 is 1.44 bits per heavy atom. The maximum Gasteiger partial charge on any atom is 0 e. The van der Waals surface area contributed by atoms with Crippen LogP contribution in [0, 0.1) is 43.6 Å². The van der Waals surface area contributed by atoms with Crippen molar-refractivity contribution in [3.8, 4) is 5.75 Å². The monoisotopic (exact) mass is 380 g/mol. The molecule has 0 radical (unpaired) electrons. The second kappa shape index (κ2) is 11.4. The zero-order chi connectivity index (χ0) is 19.0. The molecule has 0 aromatic heterocycles. The topological polar surface area (TPSA) is 68.9 Å². The third-order valence-corrected chi connectivity index (χ3v) is 5.41. The molecule has 0 aliphatic heterocycles. The standard InChI is InChI=1S/C17H24O.3CO.Cr/c1-12-5-7-14(8-6-12)18-15-16(2,3)13-9-10-17(15,4)11-13;3*1-2;/h5-8,13,15H,9-11H2,1-4H3;;;;/t13-,15-,17+;;;;/m0..../s1. The van der Waals surface area contributed by atoms with Crippen molar-refractivity contribution in [2.75, 3.05) is 0 Å². The molecule has 2 saturated carbocycles. The van der Waals surface area contributed by atoms with Crippen LogP contribution in [0.4, 0.5) is 0 Å². The molecule has 0 unspecified atom stereocenters. The molecule has 0 heterocycles. The van der Waals surface area contributed by atoms with Crippen molar-refractivity contribution in [2.24, 2.45) is 16.7 Å². The molecule has 4 nitrogen and oxygen atoms in total. The molecular formula is C20H24CrO4. The molecule has 0 amide bonds. The van der Waals surface area contributed by atoms with Crippen LogP contribution in [0.15, 0.2) is 24.3 Å². The Balaban J connectivity index is 0. The van der Waals surface area contributed by atoms with Crippen molar-refractivity contribution >= 4 is 0 Å². The van der Waals surface area contributed by atoms with Gasteiger partial charge in [0, 0.05) is 28.2 Å². The van der Waals surface area contributed by atoms with Crippen molar-refractivity contribution in [1.29, 1.82) is 0 Å². The van der Waals surface area contributed by atoms with Gasteiger partial charge in [-0.15, -0.1) is 0 Å². The molecule has 3 atom stereocenters. The molecule has 0 N–H and O–H groups in total. The first kappa shape index (κ1) is 26.0. The zero-order valence-electron chi connectivity index (χ0n) is 15.1. The zero-order valence-corrected chi connectivity index (χ0v) is 16.4. The van der Waals surface area contributed by atoms with Crippen LogP contribution in [0.3, 0.4) is 0 Å². The van der Waals surface area contributed by atoms with Gasteiger partial charge in [-0.1, -0.05) is 38.5 Å². The first-order valence-electron chi connectivity index (χ1n) is 7.76. The van der Waals surface area contributed by atoms with E-state index in [0.717, 1.165) is 11.7 Å². The number of hydrogen-bond donors (Lipinski definition) is 0.